The number of hydrogen-bond donors (Lipinski definition) is 3. The van der Waals surface area contributed by atoms with Crippen LogP contribution in [0.1, 0.15) is 5.56 Å². The van der Waals surface area contributed by atoms with E-state index in [4.69, 9.17) is 15.6 Å². The molecule has 1 atom stereocenters. The van der Waals surface area contributed by atoms with Gasteiger partial charge in [-0.25, -0.2) is 0 Å². The maximum Gasteiger partial charge on any atom is 0.320 e. The van der Waals surface area contributed by atoms with Gasteiger partial charge in [0.1, 0.15) is 6.04 Å². The fourth-order valence-electron chi connectivity index (χ4n) is 1.22. The lowest BCUT2D eigenvalue weighted by Crippen LogP contribution is -2.32. The lowest BCUT2D eigenvalue weighted by Gasteiger charge is -2.10. The van der Waals surface area contributed by atoms with Gasteiger partial charge in [-0.05, 0) is 11.6 Å². The van der Waals surface area contributed by atoms with E-state index in [1.165, 1.54) is 7.11 Å². The predicted octanol–water partition coefficient (Wildman–Crippen LogP) is 0.355. The van der Waals surface area contributed by atoms with E-state index in [1.54, 1.807) is 18.2 Å². The van der Waals surface area contributed by atoms with Gasteiger partial charge in [-0.2, -0.15) is 0 Å². The summed E-state index contributed by atoms with van der Waals surface area (Å²) in [6.45, 7) is 0. The summed E-state index contributed by atoms with van der Waals surface area (Å²) in [5.41, 5.74) is 5.82. The summed E-state index contributed by atoms with van der Waals surface area (Å²) in [7, 11) is 1.43. The van der Waals surface area contributed by atoms with Gasteiger partial charge in [0.05, 0.1) is 7.11 Å². The molecule has 0 saturated heterocycles. The van der Waals surface area contributed by atoms with Crippen molar-refractivity contribution in [1.29, 1.82) is 0 Å². The van der Waals surface area contributed by atoms with Crippen LogP contribution in [0.15, 0.2) is 18.2 Å². The first-order valence-corrected chi connectivity index (χ1v) is 4.39. The van der Waals surface area contributed by atoms with Crippen molar-refractivity contribution in [3.63, 3.8) is 0 Å². The molecule has 1 aromatic carbocycles. The lowest BCUT2D eigenvalue weighted by atomic mass is 10.1. The van der Waals surface area contributed by atoms with Gasteiger partial charge in [0.15, 0.2) is 11.5 Å². The van der Waals surface area contributed by atoms with E-state index in [1.807, 2.05) is 0 Å². The minimum atomic E-state index is -1.10. The third-order valence-electron chi connectivity index (χ3n) is 2.06. The highest BCUT2D eigenvalue weighted by Crippen LogP contribution is 2.29. The van der Waals surface area contributed by atoms with Crippen LogP contribution in [0.4, 0.5) is 0 Å². The van der Waals surface area contributed by atoms with Gasteiger partial charge in [-0.1, -0.05) is 12.1 Å². The van der Waals surface area contributed by atoms with Crippen LogP contribution in [0.5, 0.6) is 11.5 Å². The third kappa shape index (κ3) is 2.60. The quantitative estimate of drug-likeness (QED) is 0.668. The zero-order valence-corrected chi connectivity index (χ0v) is 8.30. The molecule has 0 saturated carbocycles. The van der Waals surface area contributed by atoms with Crippen LogP contribution in [-0.2, 0) is 11.2 Å². The molecule has 0 fully saturated rings. The van der Waals surface area contributed by atoms with Gasteiger partial charge < -0.3 is 20.7 Å². The number of phenols is 1. The molecule has 1 rings (SSSR count). The van der Waals surface area contributed by atoms with Crippen molar-refractivity contribution in [1.82, 2.24) is 0 Å². The molecule has 0 aliphatic carbocycles. The smallest absolute Gasteiger partial charge is 0.320 e. The van der Waals surface area contributed by atoms with Crippen molar-refractivity contribution in [2.75, 3.05) is 7.11 Å². The molecule has 0 aliphatic rings. The van der Waals surface area contributed by atoms with Crippen LogP contribution in [0.25, 0.3) is 0 Å². The van der Waals surface area contributed by atoms with Crippen molar-refractivity contribution in [2.45, 2.75) is 12.5 Å². The number of carbonyl (C=O) groups is 1. The molecular formula is C10H13NO4. The fraction of sp³-hybridized carbons (Fsp3) is 0.300. The molecule has 0 aromatic heterocycles. The summed E-state index contributed by atoms with van der Waals surface area (Å²) in [6.07, 6.45) is 0.0678. The van der Waals surface area contributed by atoms with E-state index < -0.39 is 12.0 Å². The summed E-state index contributed by atoms with van der Waals surface area (Å²) in [5, 5.41) is 18.3. The van der Waals surface area contributed by atoms with Crippen molar-refractivity contribution in [3.05, 3.63) is 23.8 Å². The van der Waals surface area contributed by atoms with Crippen LogP contribution < -0.4 is 10.5 Å². The number of phenolic OH excluding ortho intramolecular Hbond substituents is 1. The van der Waals surface area contributed by atoms with E-state index in [9.17, 15) is 9.90 Å². The number of carboxylic acid groups (broad SMARTS) is 1. The number of aromatic hydroxyl groups is 1. The van der Waals surface area contributed by atoms with Crippen LogP contribution >= 0.6 is 0 Å². The number of methoxy groups -OCH3 is 1. The topological polar surface area (TPSA) is 92.8 Å². The van der Waals surface area contributed by atoms with E-state index >= 15 is 0 Å². The van der Waals surface area contributed by atoms with Gasteiger partial charge in [0, 0.05) is 6.42 Å². The Morgan fingerprint density at radius 3 is 2.80 bits per heavy atom. The SMILES string of the molecule is COc1cccc(C[C@@H](N)C(=O)O)c1O. The van der Waals surface area contributed by atoms with Crippen LogP contribution in [0, 0.1) is 0 Å². The maximum atomic E-state index is 10.5. The molecule has 0 unspecified atom stereocenters. The number of nitrogens with two attached hydrogens (primary N) is 1. The molecule has 0 amide bonds. The number of rotatable bonds is 4. The highest BCUT2D eigenvalue weighted by molar-refractivity contribution is 5.73. The Hall–Kier alpha value is -1.75. The summed E-state index contributed by atoms with van der Waals surface area (Å²) < 4.78 is 4.89. The molecule has 5 heteroatoms. The highest BCUT2D eigenvalue weighted by Gasteiger charge is 2.16. The van der Waals surface area contributed by atoms with Gasteiger partial charge >= 0.3 is 5.97 Å². The van der Waals surface area contributed by atoms with E-state index in [0.717, 1.165) is 0 Å². The first-order chi connectivity index (χ1) is 7.06. The van der Waals surface area contributed by atoms with Gasteiger partial charge in [0.2, 0.25) is 0 Å². The number of aliphatic carboxylic acids is 1. The van der Waals surface area contributed by atoms with Gasteiger partial charge in [-0.15, -0.1) is 0 Å². The normalized spacial score (nSPS) is 12.1. The zero-order valence-electron chi connectivity index (χ0n) is 8.30. The second-order valence-electron chi connectivity index (χ2n) is 3.12. The molecule has 0 spiro atoms. The lowest BCUT2D eigenvalue weighted by molar-refractivity contribution is -0.138. The first kappa shape index (κ1) is 11.3. The molecule has 1 aromatic rings. The predicted molar refractivity (Wildman–Crippen MR) is 54.0 cm³/mol. The van der Waals surface area contributed by atoms with Crippen molar-refractivity contribution in [3.8, 4) is 11.5 Å². The van der Waals surface area contributed by atoms with E-state index in [0.29, 0.717) is 11.3 Å². The molecule has 5 nitrogen and oxygen atoms in total. The van der Waals surface area contributed by atoms with Crippen LogP contribution in [0.3, 0.4) is 0 Å². The Labute approximate surface area is 87.1 Å². The Balaban J connectivity index is 2.90. The number of para-hydroxylation sites is 1. The van der Waals surface area contributed by atoms with E-state index in [-0.39, 0.29) is 12.2 Å². The molecular weight excluding hydrogens is 198 g/mol. The van der Waals surface area contributed by atoms with Crippen molar-refractivity contribution >= 4 is 5.97 Å². The Kier molecular flexibility index (Phi) is 3.51. The molecule has 0 bridgehead atoms. The van der Waals surface area contributed by atoms with Crippen molar-refractivity contribution in [2.24, 2.45) is 5.73 Å². The molecule has 4 N–H and O–H groups in total. The van der Waals surface area contributed by atoms with Gasteiger partial charge in [0.25, 0.3) is 0 Å². The number of benzene rings is 1. The average Bonchev–Trinajstić information content (AvgIpc) is 2.21. The van der Waals surface area contributed by atoms with Crippen LogP contribution in [0.2, 0.25) is 0 Å². The first-order valence-electron chi connectivity index (χ1n) is 4.39. The number of hydrogen-bond acceptors (Lipinski definition) is 4. The van der Waals surface area contributed by atoms with E-state index in [2.05, 4.69) is 0 Å². The summed E-state index contributed by atoms with van der Waals surface area (Å²) >= 11 is 0. The molecule has 0 radical (unpaired) electrons. The standard InChI is InChI=1S/C10H13NO4/c1-15-8-4-2-3-6(9(8)12)5-7(11)10(13)14/h2-4,7,12H,5,11H2,1H3,(H,13,14)/t7-/m1/s1. The van der Waals surface area contributed by atoms with Crippen LogP contribution in [-0.4, -0.2) is 29.3 Å². The monoisotopic (exact) mass is 211 g/mol. The number of carboxylic acids is 1. The maximum absolute atomic E-state index is 10.5. The molecule has 15 heavy (non-hydrogen) atoms. The molecule has 0 heterocycles. The minimum Gasteiger partial charge on any atom is -0.504 e. The van der Waals surface area contributed by atoms with Gasteiger partial charge in [-0.3, -0.25) is 4.79 Å². The Morgan fingerprint density at radius 1 is 1.60 bits per heavy atom. The second-order valence-corrected chi connectivity index (χ2v) is 3.12. The van der Waals surface area contributed by atoms with Crippen molar-refractivity contribution < 1.29 is 19.7 Å². The zero-order chi connectivity index (χ0) is 11.4. The second kappa shape index (κ2) is 4.65. The highest BCUT2D eigenvalue weighted by atomic mass is 16.5. The summed E-state index contributed by atoms with van der Waals surface area (Å²) in [6, 6.07) is 3.84. The third-order valence-corrected chi connectivity index (χ3v) is 2.06. The molecule has 0 aliphatic heterocycles. The summed E-state index contributed by atoms with van der Waals surface area (Å²) in [4.78, 5) is 10.5. The average molecular weight is 211 g/mol. The molecule has 82 valence electrons. The summed E-state index contributed by atoms with van der Waals surface area (Å²) in [5.74, 6) is -0.848. The fourth-order valence-corrected chi connectivity index (χ4v) is 1.22. The Bertz CT molecular complexity index is 364. The number of ether oxygens (including phenoxy) is 1. The largest absolute Gasteiger partial charge is 0.504 e. The Morgan fingerprint density at radius 2 is 2.27 bits per heavy atom. The minimum absolute atomic E-state index is 0.0586.